The fourth-order valence-corrected chi connectivity index (χ4v) is 3.07. The predicted molar refractivity (Wildman–Crippen MR) is 82.4 cm³/mol. The van der Waals surface area contributed by atoms with Gasteiger partial charge in [-0.25, -0.2) is 0 Å². The van der Waals surface area contributed by atoms with Gasteiger partial charge in [0, 0.05) is 4.78 Å². The molecule has 2 rings (SSSR count). The molecule has 2 heterocycles. The standard InChI is InChI=1S/C14H19BF2O5S/c1-13(2)14(3,4)22-15(21-13)10-6-8(20-12(16)17)9(23-10)7-11(18)19-5/h6,12H,7H2,1-5H3. The maximum absolute atomic E-state index is 12.6. The van der Waals surface area contributed by atoms with E-state index < -0.39 is 30.9 Å². The van der Waals surface area contributed by atoms with E-state index >= 15 is 0 Å². The molecule has 0 spiro atoms. The van der Waals surface area contributed by atoms with Crippen molar-refractivity contribution in [3.05, 3.63) is 10.9 Å². The first-order valence-electron chi connectivity index (χ1n) is 7.05. The lowest BCUT2D eigenvalue weighted by Gasteiger charge is -2.32. The van der Waals surface area contributed by atoms with Gasteiger partial charge in [-0.15, -0.1) is 11.3 Å². The Balaban J connectivity index is 2.28. The topological polar surface area (TPSA) is 54.0 Å². The number of rotatable bonds is 5. The molecule has 1 saturated heterocycles. The van der Waals surface area contributed by atoms with Gasteiger partial charge in [-0.05, 0) is 33.8 Å². The molecule has 1 aliphatic heterocycles. The van der Waals surface area contributed by atoms with Crippen molar-refractivity contribution in [1.29, 1.82) is 0 Å². The average molecular weight is 348 g/mol. The number of alkyl halides is 2. The minimum absolute atomic E-state index is 0.0555. The monoisotopic (exact) mass is 348 g/mol. The Labute approximate surface area is 138 Å². The number of esters is 1. The Kier molecular flexibility index (Phi) is 5.03. The van der Waals surface area contributed by atoms with E-state index in [-0.39, 0.29) is 12.2 Å². The highest BCUT2D eigenvalue weighted by atomic mass is 32.1. The van der Waals surface area contributed by atoms with Gasteiger partial charge < -0.3 is 18.8 Å². The van der Waals surface area contributed by atoms with Crippen molar-refractivity contribution in [1.82, 2.24) is 0 Å². The average Bonchev–Trinajstić information content (AvgIpc) is 2.88. The highest BCUT2D eigenvalue weighted by molar-refractivity contribution is 7.22. The van der Waals surface area contributed by atoms with Gasteiger partial charge in [0.2, 0.25) is 0 Å². The first kappa shape index (κ1) is 18.2. The molecular formula is C14H19BF2O5S. The molecule has 0 radical (unpaired) electrons. The number of hydrogen-bond acceptors (Lipinski definition) is 6. The molecule has 0 aromatic carbocycles. The summed E-state index contributed by atoms with van der Waals surface area (Å²) in [4.78, 5) is 11.8. The van der Waals surface area contributed by atoms with Gasteiger partial charge in [0.25, 0.3) is 0 Å². The zero-order valence-corrected chi connectivity index (χ0v) is 14.5. The molecule has 0 atom stereocenters. The third-order valence-electron chi connectivity index (χ3n) is 4.02. The zero-order chi connectivity index (χ0) is 17.4. The summed E-state index contributed by atoms with van der Waals surface area (Å²) < 4.78 is 46.5. The fraction of sp³-hybridized carbons (Fsp3) is 0.643. The highest BCUT2D eigenvalue weighted by Crippen LogP contribution is 2.38. The van der Waals surface area contributed by atoms with Gasteiger partial charge in [0.1, 0.15) is 5.75 Å². The van der Waals surface area contributed by atoms with E-state index in [1.54, 1.807) is 0 Å². The summed E-state index contributed by atoms with van der Waals surface area (Å²) in [6, 6.07) is 1.43. The van der Waals surface area contributed by atoms with Crippen molar-refractivity contribution in [2.75, 3.05) is 7.11 Å². The third-order valence-corrected chi connectivity index (χ3v) is 5.16. The fourth-order valence-electron chi connectivity index (χ4n) is 2.03. The van der Waals surface area contributed by atoms with Gasteiger partial charge in [-0.2, -0.15) is 8.78 Å². The quantitative estimate of drug-likeness (QED) is 0.604. The van der Waals surface area contributed by atoms with E-state index in [4.69, 9.17) is 9.31 Å². The maximum Gasteiger partial charge on any atom is 0.505 e. The Hall–Kier alpha value is -1.19. The van der Waals surface area contributed by atoms with Crippen LogP contribution in [0, 0.1) is 0 Å². The molecule has 128 valence electrons. The lowest BCUT2D eigenvalue weighted by Crippen LogP contribution is -2.41. The summed E-state index contributed by atoms with van der Waals surface area (Å²) in [6.07, 6.45) is -0.150. The van der Waals surface area contributed by atoms with Crippen molar-refractivity contribution < 1.29 is 32.4 Å². The van der Waals surface area contributed by atoms with E-state index in [1.165, 1.54) is 13.2 Å². The summed E-state index contributed by atoms with van der Waals surface area (Å²) in [5, 5.41) is 0. The van der Waals surface area contributed by atoms with Crippen LogP contribution in [-0.4, -0.2) is 38.0 Å². The molecule has 0 N–H and O–H groups in total. The lowest BCUT2D eigenvalue weighted by molar-refractivity contribution is -0.139. The summed E-state index contributed by atoms with van der Waals surface area (Å²) in [6.45, 7) is 4.60. The van der Waals surface area contributed by atoms with Crippen LogP contribution in [0.4, 0.5) is 8.78 Å². The van der Waals surface area contributed by atoms with E-state index in [2.05, 4.69) is 9.47 Å². The number of methoxy groups -OCH3 is 1. The normalized spacial score (nSPS) is 19.2. The Morgan fingerprint density at radius 2 is 1.87 bits per heavy atom. The minimum atomic E-state index is -2.98. The number of carbonyl (C=O) groups is 1. The van der Waals surface area contributed by atoms with Gasteiger partial charge in [0.05, 0.1) is 29.6 Å². The van der Waals surface area contributed by atoms with Crippen molar-refractivity contribution in [3.63, 3.8) is 0 Å². The Morgan fingerprint density at radius 3 is 2.35 bits per heavy atom. The Morgan fingerprint density at radius 1 is 1.30 bits per heavy atom. The number of carbonyl (C=O) groups excluding carboxylic acids is 1. The first-order chi connectivity index (χ1) is 10.6. The smallest absolute Gasteiger partial charge is 0.469 e. The van der Waals surface area contributed by atoms with E-state index in [0.29, 0.717) is 9.65 Å². The number of thiophene rings is 1. The molecule has 0 unspecified atom stereocenters. The molecule has 1 aliphatic rings. The Bertz CT molecular complexity index is 572. The SMILES string of the molecule is COC(=O)Cc1sc(B2OC(C)(C)C(C)(C)O2)cc1OC(F)F. The summed E-state index contributed by atoms with van der Waals surface area (Å²) in [5.74, 6) is -0.591. The van der Waals surface area contributed by atoms with Gasteiger partial charge in [0.15, 0.2) is 0 Å². The number of ether oxygens (including phenoxy) is 2. The predicted octanol–water partition coefficient (Wildman–Crippen LogP) is 2.36. The number of halogens is 2. The molecule has 0 bridgehead atoms. The van der Waals surface area contributed by atoms with E-state index in [9.17, 15) is 13.6 Å². The molecular weight excluding hydrogens is 329 g/mol. The molecule has 0 saturated carbocycles. The van der Waals surface area contributed by atoms with Gasteiger partial charge in [-0.1, -0.05) is 0 Å². The summed E-state index contributed by atoms with van der Waals surface area (Å²) >= 11 is 1.13. The van der Waals surface area contributed by atoms with Crippen molar-refractivity contribution in [2.24, 2.45) is 0 Å². The first-order valence-corrected chi connectivity index (χ1v) is 7.87. The summed E-state index contributed by atoms with van der Waals surface area (Å²) in [7, 11) is 0.537. The zero-order valence-electron chi connectivity index (χ0n) is 13.6. The molecule has 23 heavy (non-hydrogen) atoms. The van der Waals surface area contributed by atoms with Gasteiger partial charge in [-0.3, -0.25) is 4.79 Å². The molecule has 1 fully saturated rings. The molecule has 1 aromatic rings. The van der Waals surface area contributed by atoms with Crippen LogP contribution in [0.2, 0.25) is 0 Å². The second-order valence-corrected chi connectivity index (χ2v) is 7.32. The van der Waals surface area contributed by atoms with Crippen LogP contribution in [0.3, 0.4) is 0 Å². The molecule has 5 nitrogen and oxygen atoms in total. The van der Waals surface area contributed by atoms with E-state index in [0.717, 1.165) is 11.3 Å². The van der Waals surface area contributed by atoms with Crippen LogP contribution in [0.5, 0.6) is 5.75 Å². The third kappa shape index (κ3) is 3.84. The van der Waals surface area contributed by atoms with Crippen molar-refractivity contribution in [2.45, 2.75) is 51.9 Å². The van der Waals surface area contributed by atoms with Crippen LogP contribution in [-0.2, 0) is 25.3 Å². The summed E-state index contributed by atoms with van der Waals surface area (Å²) in [5.41, 5.74) is -1.10. The van der Waals surface area contributed by atoms with Crippen LogP contribution in [0.15, 0.2) is 6.07 Å². The van der Waals surface area contributed by atoms with Crippen LogP contribution < -0.4 is 9.51 Å². The second kappa shape index (κ2) is 6.37. The number of hydrogen-bond donors (Lipinski definition) is 0. The second-order valence-electron chi connectivity index (χ2n) is 6.16. The van der Waals surface area contributed by atoms with E-state index in [1.807, 2.05) is 27.7 Å². The van der Waals surface area contributed by atoms with Crippen molar-refractivity contribution >= 4 is 29.2 Å². The van der Waals surface area contributed by atoms with Crippen LogP contribution in [0.1, 0.15) is 32.6 Å². The maximum atomic E-state index is 12.6. The lowest BCUT2D eigenvalue weighted by atomic mass is 9.88. The molecule has 1 aromatic heterocycles. The van der Waals surface area contributed by atoms with Gasteiger partial charge >= 0.3 is 19.7 Å². The van der Waals surface area contributed by atoms with Crippen LogP contribution in [0.25, 0.3) is 0 Å². The molecule has 0 amide bonds. The largest absolute Gasteiger partial charge is 0.505 e. The minimum Gasteiger partial charge on any atom is -0.469 e. The van der Waals surface area contributed by atoms with Crippen molar-refractivity contribution in [3.8, 4) is 5.75 Å². The highest BCUT2D eigenvalue weighted by Gasteiger charge is 2.52. The molecule has 0 aliphatic carbocycles. The van der Waals surface area contributed by atoms with Crippen LogP contribution >= 0.6 is 11.3 Å². The molecule has 9 heteroatoms.